The minimum Gasteiger partial charge on any atom is -0.493 e. The fourth-order valence-corrected chi connectivity index (χ4v) is 2.40. The van der Waals surface area contributed by atoms with Crippen LogP contribution in [0.2, 0.25) is 0 Å². The van der Waals surface area contributed by atoms with E-state index in [1.807, 2.05) is 0 Å². The second-order valence-corrected chi connectivity index (χ2v) is 4.72. The Labute approximate surface area is 109 Å². The van der Waals surface area contributed by atoms with Gasteiger partial charge in [-0.1, -0.05) is 29.5 Å². The highest BCUT2D eigenvalue weighted by Crippen LogP contribution is 2.27. The molecule has 0 atom stereocenters. The Kier molecular flexibility index (Phi) is 2.46. The summed E-state index contributed by atoms with van der Waals surface area (Å²) in [5.74, 6) is -1.17. The first-order chi connectivity index (χ1) is 9.08. The van der Waals surface area contributed by atoms with E-state index in [1.165, 1.54) is 18.2 Å². The van der Waals surface area contributed by atoms with Crippen LogP contribution in [0, 0.1) is 5.82 Å². The smallest absolute Gasteiger partial charge is 0.287 e. The predicted octanol–water partition coefficient (Wildman–Crippen LogP) is 1.24. The summed E-state index contributed by atoms with van der Waals surface area (Å²) in [5, 5.41) is 13.7. The second-order valence-electron chi connectivity index (χ2n) is 3.73. The van der Waals surface area contributed by atoms with Gasteiger partial charge in [-0.3, -0.25) is 4.79 Å². The number of rotatable bonds is 1. The number of benzene rings is 1. The number of nitrogen functional groups attached to an aromatic ring is 1. The molecule has 0 aliphatic heterocycles. The van der Waals surface area contributed by atoms with Gasteiger partial charge in [0, 0.05) is 5.56 Å². The first kappa shape index (κ1) is 11.6. The maximum atomic E-state index is 13.7. The molecule has 0 fully saturated rings. The van der Waals surface area contributed by atoms with Crippen LogP contribution in [0.25, 0.3) is 16.1 Å². The zero-order valence-corrected chi connectivity index (χ0v) is 10.2. The molecular weight excluding hydrogens is 271 g/mol. The average Bonchev–Trinajstić information content (AvgIpc) is 2.72. The first-order valence-corrected chi connectivity index (χ1v) is 6.03. The summed E-state index contributed by atoms with van der Waals surface area (Å²) in [7, 11) is 0. The lowest BCUT2D eigenvalue weighted by Gasteiger charge is -2.04. The Morgan fingerprint density at radius 1 is 1.37 bits per heavy atom. The van der Waals surface area contributed by atoms with E-state index in [1.54, 1.807) is 6.07 Å². The van der Waals surface area contributed by atoms with Crippen LogP contribution in [0.4, 0.5) is 9.52 Å². The predicted molar refractivity (Wildman–Crippen MR) is 68.6 cm³/mol. The molecule has 0 spiro atoms. The first-order valence-electron chi connectivity index (χ1n) is 5.21. The van der Waals surface area contributed by atoms with Gasteiger partial charge >= 0.3 is 0 Å². The van der Waals surface area contributed by atoms with Crippen molar-refractivity contribution in [2.75, 3.05) is 5.73 Å². The van der Waals surface area contributed by atoms with Crippen molar-refractivity contribution in [2.24, 2.45) is 0 Å². The number of nitrogens with zero attached hydrogens (tertiary/aromatic N) is 3. The Morgan fingerprint density at radius 2 is 2.11 bits per heavy atom. The van der Waals surface area contributed by atoms with Gasteiger partial charge in [0.1, 0.15) is 11.4 Å². The largest absolute Gasteiger partial charge is 0.493 e. The van der Waals surface area contributed by atoms with E-state index in [4.69, 9.17) is 5.73 Å². The van der Waals surface area contributed by atoms with Gasteiger partial charge in [-0.15, -0.1) is 5.10 Å². The normalized spacial score (nSPS) is 11.0. The van der Waals surface area contributed by atoms with Crippen molar-refractivity contribution in [1.29, 1.82) is 0 Å². The minimum atomic E-state index is -0.666. The number of anilines is 1. The van der Waals surface area contributed by atoms with Crippen LogP contribution >= 0.6 is 11.3 Å². The quantitative estimate of drug-likeness (QED) is 0.698. The van der Waals surface area contributed by atoms with E-state index in [2.05, 4.69) is 10.1 Å². The third kappa shape index (κ3) is 1.73. The second kappa shape index (κ2) is 4.02. The molecule has 8 heteroatoms. The van der Waals surface area contributed by atoms with Gasteiger partial charge < -0.3 is 10.8 Å². The fraction of sp³-hybridized carbons (Fsp3) is 0. The summed E-state index contributed by atoms with van der Waals surface area (Å²) in [4.78, 5) is 16.2. The summed E-state index contributed by atoms with van der Waals surface area (Å²) < 4.78 is 14.7. The Bertz CT molecular complexity index is 842. The molecule has 0 aliphatic carbocycles. The fourth-order valence-electron chi connectivity index (χ4n) is 1.75. The van der Waals surface area contributed by atoms with Crippen LogP contribution in [-0.4, -0.2) is 19.7 Å². The zero-order chi connectivity index (χ0) is 13.6. The zero-order valence-electron chi connectivity index (χ0n) is 9.37. The molecule has 6 nitrogen and oxygen atoms in total. The Morgan fingerprint density at radius 3 is 2.84 bits per heavy atom. The molecule has 0 radical (unpaired) electrons. The number of hydrogen-bond acceptors (Lipinski definition) is 6. The molecule has 3 aromatic rings. The molecular formula is C11H7FN4O2S. The molecule has 96 valence electrons. The maximum absolute atomic E-state index is 13.7. The molecule has 0 aliphatic rings. The van der Waals surface area contributed by atoms with Crippen molar-refractivity contribution in [3.63, 3.8) is 0 Å². The van der Waals surface area contributed by atoms with E-state index in [9.17, 15) is 14.3 Å². The van der Waals surface area contributed by atoms with Gasteiger partial charge in [-0.2, -0.15) is 9.50 Å². The highest BCUT2D eigenvalue weighted by Gasteiger charge is 2.19. The highest BCUT2D eigenvalue weighted by atomic mass is 32.1. The third-order valence-electron chi connectivity index (χ3n) is 2.55. The topological polar surface area (TPSA) is 93.5 Å². The lowest BCUT2D eigenvalue weighted by molar-refractivity contribution is 0.454. The molecule has 0 unspecified atom stereocenters. The third-order valence-corrected chi connectivity index (χ3v) is 3.29. The number of hydrogen-bond donors (Lipinski definition) is 2. The molecule has 2 aromatic heterocycles. The van der Waals surface area contributed by atoms with Crippen LogP contribution in [-0.2, 0) is 0 Å². The standard InChI is InChI=1S/C11H7FN4O2S/c12-6-4-2-1-3-5(6)7-8(17)14-11-16(9(7)18)15-10(13)19-11/h1-4,17H,(H2,13,15). The lowest BCUT2D eigenvalue weighted by Crippen LogP contribution is -2.17. The maximum Gasteiger partial charge on any atom is 0.287 e. The van der Waals surface area contributed by atoms with E-state index in [0.29, 0.717) is 0 Å². The SMILES string of the molecule is Nc1nn2c(=O)c(-c3ccccc3F)c(O)nc2s1. The lowest BCUT2D eigenvalue weighted by atomic mass is 10.1. The van der Waals surface area contributed by atoms with Crippen LogP contribution in [0.5, 0.6) is 5.88 Å². The van der Waals surface area contributed by atoms with Crippen molar-refractivity contribution in [2.45, 2.75) is 0 Å². The van der Waals surface area contributed by atoms with Gasteiger partial charge in [0.25, 0.3) is 5.56 Å². The van der Waals surface area contributed by atoms with E-state index >= 15 is 0 Å². The molecule has 0 amide bonds. The van der Waals surface area contributed by atoms with Crippen LogP contribution in [0.15, 0.2) is 29.1 Å². The molecule has 1 aromatic carbocycles. The molecule has 0 saturated carbocycles. The van der Waals surface area contributed by atoms with Gasteiger partial charge in [0.15, 0.2) is 0 Å². The molecule has 3 rings (SSSR count). The molecule has 2 heterocycles. The van der Waals surface area contributed by atoms with Crippen LogP contribution in [0.3, 0.4) is 0 Å². The van der Waals surface area contributed by atoms with E-state index in [-0.39, 0.29) is 21.2 Å². The number of fused-ring (bicyclic) bond motifs is 1. The molecule has 0 saturated heterocycles. The van der Waals surface area contributed by atoms with Gasteiger partial charge in [0.05, 0.1) is 0 Å². The van der Waals surface area contributed by atoms with Crippen LogP contribution in [0.1, 0.15) is 0 Å². The summed E-state index contributed by atoms with van der Waals surface area (Å²) >= 11 is 0.953. The number of halogens is 1. The van der Waals surface area contributed by atoms with Gasteiger partial charge in [0.2, 0.25) is 16.0 Å². The Hall–Kier alpha value is -2.48. The summed E-state index contributed by atoms with van der Waals surface area (Å²) in [6, 6.07) is 5.62. The summed E-state index contributed by atoms with van der Waals surface area (Å²) in [6.07, 6.45) is 0. The van der Waals surface area contributed by atoms with Crippen LogP contribution < -0.4 is 11.3 Å². The number of aromatic hydroxyl groups is 1. The van der Waals surface area contributed by atoms with Crippen molar-refractivity contribution < 1.29 is 9.50 Å². The van der Waals surface area contributed by atoms with Gasteiger partial charge in [-0.25, -0.2) is 4.39 Å². The van der Waals surface area contributed by atoms with Crippen molar-refractivity contribution in [3.8, 4) is 17.0 Å². The van der Waals surface area contributed by atoms with Gasteiger partial charge in [-0.05, 0) is 6.07 Å². The molecule has 0 bridgehead atoms. The van der Waals surface area contributed by atoms with Crippen molar-refractivity contribution >= 4 is 21.4 Å². The average molecular weight is 278 g/mol. The number of aromatic nitrogens is 3. The van der Waals surface area contributed by atoms with E-state index in [0.717, 1.165) is 15.9 Å². The number of nitrogens with two attached hydrogens (primary N) is 1. The molecule has 3 N–H and O–H groups in total. The summed E-state index contributed by atoms with van der Waals surface area (Å²) in [5.41, 5.74) is 4.55. The Balaban J connectivity index is 2.42. The summed E-state index contributed by atoms with van der Waals surface area (Å²) in [6.45, 7) is 0. The van der Waals surface area contributed by atoms with Crippen molar-refractivity contribution in [3.05, 3.63) is 40.4 Å². The highest BCUT2D eigenvalue weighted by molar-refractivity contribution is 7.20. The van der Waals surface area contributed by atoms with E-state index < -0.39 is 17.3 Å². The van der Waals surface area contributed by atoms with Crippen molar-refractivity contribution in [1.82, 2.24) is 14.6 Å². The molecule has 19 heavy (non-hydrogen) atoms. The monoisotopic (exact) mass is 278 g/mol. The minimum absolute atomic E-state index is 0.0292.